The number of carbonyl (C=O) groups excluding carboxylic acids is 2. The molecule has 1 aromatic carbocycles. The second-order valence-electron chi connectivity index (χ2n) is 6.05. The summed E-state index contributed by atoms with van der Waals surface area (Å²) in [5, 5.41) is 9.07. The van der Waals surface area contributed by atoms with Crippen LogP contribution in [-0.4, -0.2) is 23.0 Å². The van der Waals surface area contributed by atoms with Gasteiger partial charge in [-0.05, 0) is 43.5 Å². The molecule has 0 bridgehead atoms. The SMILES string of the molecule is Cc1oncc1C(=O)Nc1ccc(NC(=O)[C@@H](N)CC(C)C)cc1. The number of nitrogens with zero attached hydrogens (tertiary/aromatic N) is 1. The van der Waals surface area contributed by atoms with Crippen LogP contribution in [-0.2, 0) is 4.79 Å². The third-order valence-electron chi connectivity index (χ3n) is 3.47. The fourth-order valence-corrected chi connectivity index (χ4v) is 2.20. The maximum absolute atomic E-state index is 12.1. The number of hydrogen-bond donors (Lipinski definition) is 3. The second kappa shape index (κ2) is 7.74. The van der Waals surface area contributed by atoms with E-state index in [4.69, 9.17) is 10.3 Å². The normalized spacial score (nSPS) is 12.0. The molecule has 2 amide bonds. The van der Waals surface area contributed by atoms with Crippen molar-refractivity contribution in [2.45, 2.75) is 33.2 Å². The van der Waals surface area contributed by atoms with E-state index in [1.54, 1.807) is 31.2 Å². The molecule has 1 heterocycles. The lowest BCUT2D eigenvalue weighted by Crippen LogP contribution is -2.36. The molecule has 0 unspecified atom stereocenters. The van der Waals surface area contributed by atoms with E-state index in [0.29, 0.717) is 35.0 Å². The molecule has 0 fully saturated rings. The predicted molar refractivity (Wildman–Crippen MR) is 91.7 cm³/mol. The molecule has 1 aromatic heterocycles. The molecule has 128 valence electrons. The number of amides is 2. The number of nitrogens with one attached hydrogen (secondary N) is 2. The van der Waals surface area contributed by atoms with Crippen LogP contribution >= 0.6 is 0 Å². The van der Waals surface area contributed by atoms with Crippen molar-refractivity contribution in [1.82, 2.24) is 5.16 Å². The number of aryl methyl sites for hydroxylation is 1. The van der Waals surface area contributed by atoms with Gasteiger partial charge in [-0.2, -0.15) is 0 Å². The van der Waals surface area contributed by atoms with Crippen LogP contribution in [0.2, 0.25) is 0 Å². The molecule has 0 saturated carbocycles. The van der Waals surface area contributed by atoms with E-state index >= 15 is 0 Å². The summed E-state index contributed by atoms with van der Waals surface area (Å²) >= 11 is 0. The second-order valence-corrected chi connectivity index (χ2v) is 6.05. The lowest BCUT2D eigenvalue weighted by atomic mass is 10.0. The van der Waals surface area contributed by atoms with Gasteiger partial charge in [0.2, 0.25) is 5.91 Å². The first-order chi connectivity index (χ1) is 11.4. The molecule has 1 atom stereocenters. The Morgan fingerprint density at radius 3 is 2.25 bits per heavy atom. The summed E-state index contributed by atoms with van der Waals surface area (Å²) in [6.45, 7) is 5.70. The van der Waals surface area contributed by atoms with E-state index in [9.17, 15) is 9.59 Å². The van der Waals surface area contributed by atoms with Gasteiger partial charge < -0.3 is 20.9 Å². The Morgan fingerprint density at radius 2 is 1.75 bits per heavy atom. The van der Waals surface area contributed by atoms with Crippen LogP contribution < -0.4 is 16.4 Å². The Kier molecular flexibility index (Phi) is 5.70. The third kappa shape index (κ3) is 4.66. The Hall–Kier alpha value is -2.67. The summed E-state index contributed by atoms with van der Waals surface area (Å²) < 4.78 is 4.87. The number of benzene rings is 1. The molecule has 24 heavy (non-hydrogen) atoms. The van der Waals surface area contributed by atoms with E-state index in [0.717, 1.165) is 0 Å². The quantitative estimate of drug-likeness (QED) is 0.754. The van der Waals surface area contributed by atoms with Crippen molar-refractivity contribution in [3.05, 3.63) is 41.8 Å². The van der Waals surface area contributed by atoms with Crippen molar-refractivity contribution >= 4 is 23.2 Å². The average Bonchev–Trinajstić information content (AvgIpc) is 2.94. The van der Waals surface area contributed by atoms with Gasteiger partial charge >= 0.3 is 0 Å². The zero-order valence-corrected chi connectivity index (χ0v) is 14.0. The molecule has 0 spiro atoms. The summed E-state index contributed by atoms with van der Waals surface area (Å²) in [6, 6.07) is 6.27. The topological polar surface area (TPSA) is 110 Å². The van der Waals surface area contributed by atoms with Gasteiger partial charge in [-0.15, -0.1) is 0 Å². The van der Waals surface area contributed by atoms with Gasteiger partial charge in [-0.1, -0.05) is 19.0 Å². The smallest absolute Gasteiger partial charge is 0.260 e. The van der Waals surface area contributed by atoms with Crippen molar-refractivity contribution in [2.75, 3.05) is 10.6 Å². The Balaban J connectivity index is 1.94. The van der Waals surface area contributed by atoms with Gasteiger partial charge in [0.05, 0.1) is 12.2 Å². The third-order valence-corrected chi connectivity index (χ3v) is 3.47. The number of aromatic nitrogens is 1. The van der Waals surface area contributed by atoms with E-state index < -0.39 is 6.04 Å². The molecule has 0 radical (unpaired) electrons. The maximum Gasteiger partial charge on any atom is 0.260 e. The molecule has 7 heteroatoms. The minimum absolute atomic E-state index is 0.222. The van der Waals surface area contributed by atoms with Crippen molar-refractivity contribution in [2.24, 2.45) is 11.7 Å². The first-order valence-electron chi connectivity index (χ1n) is 7.76. The molecular formula is C17H22N4O3. The number of hydrogen-bond acceptors (Lipinski definition) is 5. The zero-order chi connectivity index (χ0) is 17.7. The molecule has 4 N–H and O–H groups in total. The van der Waals surface area contributed by atoms with Crippen LogP contribution in [0.15, 0.2) is 35.0 Å². The van der Waals surface area contributed by atoms with Crippen molar-refractivity contribution in [3.63, 3.8) is 0 Å². The summed E-state index contributed by atoms with van der Waals surface area (Å²) in [5.74, 6) is 0.282. The molecule has 2 rings (SSSR count). The van der Waals surface area contributed by atoms with E-state index in [-0.39, 0.29) is 11.8 Å². The van der Waals surface area contributed by atoms with E-state index in [1.165, 1.54) is 6.20 Å². The summed E-state index contributed by atoms with van der Waals surface area (Å²) in [5.41, 5.74) is 7.45. The fourth-order valence-electron chi connectivity index (χ4n) is 2.20. The first-order valence-corrected chi connectivity index (χ1v) is 7.76. The van der Waals surface area contributed by atoms with E-state index in [1.807, 2.05) is 13.8 Å². The van der Waals surface area contributed by atoms with Crippen LogP contribution in [0.1, 0.15) is 36.4 Å². The van der Waals surface area contributed by atoms with Crippen molar-refractivity contribution < 1.29 is 14.1 Å². The molecule has 0 aliphatic carbocycles. The molecule has 2 aromatic rings. The minimum atomic E-state index is -0.541. The van der Waals surface area contributed by atoms with Crippen LogP contribution in [0.4, 0.5) is 11.4 Å². The molecule has 0 saturated heterocycles. The number of carbonyl (C=O) groups is 2. The summed E-state index contributed by atoms with van der Waals surface area (Å²) in [6.07, 6.45) is 1.99. The molecule has 7 nitrogen and oxygen atoms in total. The van der Waals surface area contributed by atoms with Crippen molar-refractivity contribution in [3.8, 4) is 0 Å². The highest BCUT2D eigenvalue weighted by Gasteiger charge is 2.15. The highest BCUT2D eigenvalue weighted by molar-refractivity contribution is 6.04. The van der Waals surface area contributed by atoms with Crippen LogP contribution in [0.5, 0.6) is 0 Å². The Morgan fingerprint density at radius 1 is 1.17 bits per heavy atom. The highest BCUT2D eigenvalue weighted by atomic mass is 16.5. The predicted octanol–water partition coefficient (Wildman–Crippen LogP) is 2.55. The highest BCUT2D eigenvalue weighted by Crippen LogP contribution is 2.16. The van der Waals surface area contributed by atoms with Gasteiger partial charge in [0.25, 0.3) is 5.91 Å². The zero-order valence-electron chi connectivity index (χ0n) is 14.0. The molecular weight excluding hydrogens is 308 g/mol. The summed E-state index contributed by atoms with van der Waals surface area (Å²) in [4.78, 5) is 24.0. The van der Waals surface area contributed by atoms with Crippen LogP contribution in [0.3, 0.4) is 0 Å². The first kappa shape index (κ1) is 17.7. The Bertz CT molecular complexity index is 707. The number of nitrogens with two attached hydrogens (primary N) is 1. The van der Waals surface area contributed by atoms with Gasteiger partial charge in [0.1, 0.15) is 11.3 Å². The largest absolute Gasteiger partial charge is 0.361 e. The monoisotopic (exact) mass is 330 g/mol. The van der Waals surface area contributed by atoms with Gasteiger partial charge in [0, 0.05) is 11.4 Å². The Labute approximate surface area is 140 Å². The lowest BCUT2D eigenvalue weighted by Gasteiger charge is -2.14. The lowest BCUT2D eigenvalue weighted by molar-refractivity contribution is -0.117. The average molecular weight is 330 g/mol. The summed E-state index contributed by atoms with van der Waals surface area (Å²) in [7, 11) is 0. The van der Waals surface area contributed by atoms with E-state index in [2.05, 4.69) is 15.8 Å². The molecule has 0 aliphatic rings. The van der Waals surface area contributed by atoms with Gasteiger partial charge in [-0.3, -0.25) is 9.59 Å². The molecule has 0 aliphatic heterocycles. The van der Waals surface area contributed by atoms with Gasteiger partial charge in [-0.25, -0.2) is 0 Å². The number of anilines is 2. The van der Waals surface area contributed by atoms with Crippen LogP contribution in [0, 0.1) is 12.8 Å². The fraction of sp³-hybridized carbons (Fsp3) is 0.353. The minimum Gasteiger partial charge on any atom is -0.361 e. The van der Waals surface area contributed by atoms with Gasteiger partial charge in [0.15, 0.2) is 0 Å². The van der Waals surface area contributed by atoms with Crippen LogP contribution in [0.25, 0.3) is 0 Å². The number of rotatable bonds is 6. The standard InChI is InChI=1S/C17H22N4O3/c1-10(2)8-15(18)17(23)21-13-6-4-12(5-7-13)20-16(22)14-9-19-24-11(14)3/h4-7,9-10,15H,8,18H2,1-3H3,(H,20,22)(H,21,23)/t15-/m0/s1. The van der Waals surface area contributed by atoms with Crippen molar-refractivity contribution in [1.29, 1.82) is 0 Å². The maximum atomic E-state index is 12.1.